The molecule has 0 spiro atoms. The van der Waals surface area contributed by atoms with E-state index in [2.05, 4.69) is 10.5 Å². The van der Waals surface area contributed by atoms with Crippen molar-refractivity contribution in [3.63, 3.8) is 0 Å². The lowest BCUT2D eigenvalue weighted by Gasteiger charge is -2.18. The van der Waals surface area contributed by atoms with E-state index in [4.69, 9.17) is 5.26 Å². The predicted molar refractivity (Wildman–Crippen MR) is 92.5 cm³/mol. The van der Waals surface area contributed by atoms with Crippen LogP contribution in [-0.4, -0.2) is 11.5 Å². The van der Waals surface area contributed by atoms with Crippen molar-refractivity contribution in [1.29, 1.82) is 5.26 Å². The molecule has 0 unspecified atom stereocenters. The zero-order chi connectivity index (χ0) is 19.5. The van der Waals surface area contributed by atoms with Crippen LogP contribution in [0.3, 0.4) is 0 Å². The van der Waals surface area contributed by atoms with Gasteiger partial charge in [-0.25, -0.2) is 13.2 Å². The topological polar surface area (TPSA) is 65.2 Å². The van der Waals surface area contributed by atoms with Crippen LogP contribution in [0.4, 0.5) is 18.9 Å². The summed E-state index contributed by atoms with van der Waals surface area (Å²) in [5.41, 5.74) is 2.63. The molecule has 0 saturated heterocycles. The normalized spacial score (nSPS) is 11.8. The van der Waals surface area contributed by atoms with E-state index in [0.29, 0.717) is 12.1 Å². The molecule has 0 saturated carbocycles. The molecule has 0 fully saturated rings. The zero-order valence-corrected chi connectivity index (χ0v) is 14.4. The third-order valence-corrected chi connectivity index (χ3v) is 3.61. The molecular formula is C19H16F3N3O. The maximum atomic E-state index is 13.2. The average Bonchev–Trinajstić information content (AvgIpc) is 2.59. The van der Waals surface area contributed by atoms with Crippen LogP contribution in [0.15, 0.2) is 41.5 Å². The third-order valence-electron chi connectivity index (χ3n) is 3.61. The smallest absolute Gasteiger partial charge is 0.223 e. The van der Waals surface area contributed by atoms with Gasteiger partial charge in [-0.15, -0.1) is 0 Å². The highest BCUT2D eigenvalue weighted by Gasteiger charge is 2.17. The molecule has 134 valence electrons. The molecule has 4 nitrogen and oxygen atoms in total. The van der Waals surface area contributed by atoms with Crippen molar-refractivity contribution in [1.82, 2.24) is 0 Å². The SMILES string of the molecule is CC(C)(C)c1ccc(C(=O)/C(C#N)=N/Nc2cc(F)c(F)c(F)c2)cc1. The summed E-state index contributed by atoms with van der Waals surface area (Å²) in [6.07, 6.45) is 0. The summed E-state index contributed by atoms with van der Waals surface area (Å²) in [5, 5.41) is 12.7. The van der Waals surface area contributed by atoms with Crippen LogP contribution in [0.5, 0.6) is 0 Å². The molecular weight excluding hydrogens is 343 g/mol. The molecule has 0 atom stereocenters. The molecule has 1 N–H and O–H groups in total. The third kappa shape index (κ3) is 4.28. The molecule has 0 aliphatic rings. The predicted octanol–water partition coefficient (Wildman–Crippen LogP) is 4.58. The Morgan fingerprint density at radius 2 is 1.62 bits per heavy atom. The Hall–Kier alpha value is -3.14. The van der Waals surface area contributed by atoms with Crippen molar-refractivity contribution < 1.29 is 18.0 Å². The lowest BCUT2D eigenvalue weighted by atomic mass is 9.86. The Bertz CT molecular complexity index is 884. The molecule has 2 aromatic carbocycles. The standard InChI is InChI=1S/C19H16F3N3O/c1-19(2,3)12-6-4-11(5-7-12)18(26)16(10-23)25-24-13-8-14(20)17(22)15(21)9-13/h4-9,24H,1-3H3/b25-16+. The summed E-state index contributed by atoms with van der Waals surface area (Å²) < 4.78 is 39.3. The van der Waals surface area contributed by atoms with Crippen molar-refractivity contribution >= 4 is 17.2 Å². The molecule has 2 aromatic rings. The zero-order valence-electron chi connectivity index (χ0n) is 14.4. The first-order valence-corrected chi connectivity index (χ1v) is 7.67. The van der Waals surface area contributed by atoms with E-state index in [9.17, 15) is 18.0 Å². The number of nitriles is 1. The number of carbonyl (C=O) groups excluding carboxylic acids is 1. The summed E-state index contributed by atoms with van der Waals surface area (Å²) in [7, 11) is 0. The van der Waals surface area contributed by atoms with E-state index >= 15 is 0 Å². The molecule has 0 heterocycles. The summed E-state index contributed by atoms with van der Waals surface area (Å²) in [5.74, 6) is -5.09. The first-order valence-electron chi connectivity index (χ1n) is 7.67. The van der Waals surface area contributed by atoms with Crippen LogP contribution >= 0.6 is 0 Å². The fourth-order valence-electron chi connectivity index (χ4n) is 2.13. The number of nitrogens with one attached hydrogen (secondary N) is 1. The van der Waals surface area contributed by atoms with Gasteiger partial charge in [0.05, 0.1) is 5.69 Å². The highest BCUT2D eigenvalue weighted by atomic mass is 19.2. The van der Waals surface area contributed by atoms with Gasteiger partial charge < -0.3 is 0 Å². The van der Waals surface area contributed by atoms with Gasteiger partial charge >= 0.3 is 0 Å². The fourth-order valence-corrected chi connectivity index (χ4v) is 2.13. The minimum Gasteiger partial charge on any atom is -0.286 e. The Labute approximate surface area is 149 Å². The van der Waals surface area contributed by atoms with E-state index in [0.717, 1.165) is 5.56 Å². The van der Waals surface area contributed by atoms with Crippen LogP contribution in [-0.2, 0) is 5.41 Å². The first kappa shape index (κ1) is 19.2. The number of rotatable bonds is 4. The van der Waals surface area contributed by atoms with Gasteiger partial charge in [-0.05, 0) is 11.0 Å². The van der Waals surface area contributed by atoms with E-state index in [-0.39, 0.29) is 16.7 Å². The van der Waals surface area contributed by atoms with Crippen molar-refractivity contribution in [3.05, 3.63) is 65.0 Å². The molecule has 0 aliphatic heterocycles. The molecule has 26 heavy (non-hydrogen) atoms. The minimum atomic E-state index is -1.62. The molecule has 0 radical (unpaired) electrons. The number of benzene rings is 2. The first-order chi connectivity index (χ1) is 12.1. The number of carbonyl (C=O) groups is 1. The average molecular weight is 359 g/mol. The van der Waals surface area contributed by atoms with Gasteiger partial charge in [0.2, 0.25) is 11.5 Å². The highest BCUT2D eigenvalue weighted by Crippen LogP contribution is 2.22. The second-order valence-corrected chi connectivity index (χ2v) is 6.59. The van der Waals surface area contributed by atoms with Crippen molar-refractivity contribution in [2.75, 3.05) is 5.43 Å². The number of nitrogens with zero attached hydrogens (tertiary/aromatic N) is 2. The summed E-state index contributed by atoms with van der Waals surface area (Å²) in [4.78, 5) is 12.3. The maximum absolute atomic E-state index is 13.2. The van der Waals surface area contributed by atoms with Gasteiger partial charge in [0.25, 0.3) is 0 Å². The van der Waals surface area contributed by atoms with Crippen LogP contribution in [0.1, 0.15) is 36.7 Å². The second kappa shape index (κ2) is 7.40. The van der Waals surface area contributed by atoms with Gasteiger partial charge in [-0.1, -0.05) is 45.0 Å². The molecule has 7 heteroatoms. The van der Waals surface area contributed by atoms with Gasteiger partial charge in [0, 0.05) is 17.7 Å². The maximum Gasteiger partial charge on any atom is 0.223 e. The number of hydrogen-bond donors (Lipinski definition) is 1. The number of Topliss-reactive ketones (excluding diaryl/α,β-unsaturated/α-hetero) is 1. The number of hydrogen-bond acceptors (Lipinski definition) is 4. The summed E-state index contributed by atoms with van der Waals surface area (Å²) in [6.45, 7) is 6.07. The highest BCUT2D eigenvalue weighted by molar-refractivity contribution is 6.51. The lowest BCUT2D eigenvalue weighted by molar-refractivity contribution is 0.106. The van der Waals surface area contributed by atoms with Gasteiger partial charge in [0.1, 0.15) is 6.07 Å². The molecule has 0 amide bonds. The Morgan fingerprint density at radius 1 is 1.08 bits per heavy atom. The molecule has 0 bridgehead atoms. The van der Waals surface area contributed by atoms with Crippen molar-refractivity contribution in [3.8, 4) is 6.07 Å². The number of hydrazone groups is 1. The van der Waals surface area contributed by atoms with Crippen molar-refractivity contribution in [2.45, 2.75) is 26.2 Å². The second-order valence-electron chi connectivity index (χ2n) is 6.59. The number of halogens is 3. The Balaban J connectivity index is 2.23. The quantitative estimate of drug-likeness (QED) is 0.376. The van der Waals surface area contributed by atoms with Crippen molar-refractivity contribution in [2.24, 2.45) is 5.10 Å². The van der Waals surface area contributed by atoms with E-state index < -0.39 is 28.9 Å². The minimum absolute atomic E-state index is 0.0913. The van der Waals surface area contributed by atoms with E-state index in [1.165, 1.54) is 0 Å². The molecule has 0 aliphatic carbocycles. The lowest BCUT2D eigenvalue weighted by Crippen LogP contribution is -2.16. The fraction of sp³-hybridized carbons (Fsp3) is 0.211. The summed E-state index contributed by atoms with van der Waals surface area (Å²) in [6, 6.07) is 9.67. The van der Waals surface area contributed by atoms with Crippen LogP contribution in [0.2, 0.25) is 0 Å². The van der Waals surface area contributed by atoms with Gasteiger partial charge in [-0.3, -0.25) is 10.2 Å². The molecule has 0 aromatic heterocycles. The summed E-state index contributed by atoms with van der Waals surface area (Å²) >= 11 is 0. The molecule has 2 rings (SSSR count). The number of ketones is 1. The Kier molecular flexibility index (Phi) is 5.46. The van der Waals surface area contributed by atoms with Crippen LogP contribution in [0, 0.1) is 28.8 Å². The van der Waals surface area contributed by atoms with Gasteiger partial charge in [-0.2, -0.15) is 10.4 Å². The van der Waals surface area contributed by atoms with E-state index in [1.807, 2.05) is 20.8 Å². The van der Waals surface area contributed by atoms with Crippen LogP contribution in [0.25, 0.3) is 0 Å². The van der Waals surface area contributed by atoms with E-state index in [1.54, 1.807) is 30.3 Å². The largest absolute Gasteiger partial charge is 0.286 e. The number of anilines is 1. The Morgan fingerprint density at radius 3 is 2.08 bits per heavy atom. The monoisotopic (exact) mass is 359 g/mol. The van der Waals surface area contributed by atoms with Crippen LogP contribution < -0.4 is 5.43 Å². The van der Waals surface area contributed by atoms with Gasteiger partial charge in [0.15, 0.2) is 17.5 Å².